The van der Waals surface area contributed by atoms with E-state index in [2.05, 4.69) is 20.9 Å². The Morgan fingerprint density at radius 1 is 1.19 bits per heavy atom. The van der Waals surface area contributed by atoms with E-state index in [-0.39, 0.29) is 11.8 Å². The van der Waals surface area contributed by atoms with Crippen molar-refractivity contribution >= 4 is 11.8 Å². The van der Waals surface area contributed by atoms with E-state index in [0.717, 1.165) is 19.6 Å². The first-order valence-electron chi connectivity index (χ1n) is 8.12. The zero-order valence-corrected chi connectivity index (χ0v) is 13.0. The number of amides is 2. The minimum atomic E-state index is -0.0628. The second kappa shape index (κ2) is 8.34. The van der Waals surface area contributed by atoms with Crippen LogP contribution in [0.25, 0.3) is 0 Å². The lowest BCUT2D eigenvalue weighted by Crippen LogP contribution is -2.47. The van der Waals surface area contributed by atoms with Crippen LogP contribution in [0.5, 0.6) is 0 Å². The van der Waals surface area contributed by atoms with Gasteiger partial charge in [-0.15, -0.1) is 0 Å². The third kappa shape index (κ3) is 5.63. The monoisotopic (exact) mass is 296 g/mol. The van der Waals surface area contributed by atoms with Gasteiger partial charge in [0.2, 0.25) is 11.8 Å². The lowest BCUT2D eigenvalue weighted by atomic mass is 9.90. The molecule has 120 valence electrons. The Morgan fingerprint density at radius 2 is 2.00 bits per heavy atom. The molecule has 0 aromatic carbocycles. The van der Waals surface area contributed by atoms with Crippen LogP contribution in [0.1, 0.15) is 32.6 Å². The fraction of sp³-hybridized carbons (Fsp3) is 0.867. The summed E-state index contributed by atoms with van der Waals surface area (Å²) >= 11 is 0. The Balaban J connectivity index is 1.64. The van der Waals surface area contributed by atoms with Gasteiger partial charge in [0.05, 0.1) is 6.54 Å². The van der Waals surface area contributed by atoms with Crippen molar-refractivity contribution in [2.24, 2.45) is 5.92 Å². The third-order valence-electron chi connectivity index (χ3n) is 4.40. The van der Waals surface area contributed by atoms with Gasteiger partial charge in [0.25, 0.3) is 0 Å². The standard InChI is InChI=1S/C15H28N4O2/c1-12(20)16-7-8-18-15(21)11-19-9-3-4-13(10-19)14-5-2-6-17-14/h13-14,17H,2-11H2,1H3,(H,16,20)(H,18,21). The van der Waals surface area contributed by atoms with Gasteiger partial charge in [0.1, 0.15) is 0 Å². The smallest absolute Gasteiger partial charge is 0.234 e. The van der Waals surface area contributed by atoms with Crippen molar-refractivity contribution < 1.29 is 9.59 Å². The van der Waals surface area contributed by atoms with Gasteiger partial charge in [-0.1, -0.05) is 0 Å². The number of carbonyl (C=O) groups excluding carboxylic acids is 2. The number of nitrogens with zero attached hydrogens (tertiary/aromatic N) is 1. The molecule has 0 spiro atoms. The van der Waals surface area contributed by atoms with E-state index in [0.29, 0.717) is 31.6 Å². The Morgan fingerprint density at radius 3 is 2.71 bits per heavy atom. The molecule has 0 radical (unpaired) electrons. The summed E-state index contributed by atoms with van der Waals surface area (Å²) in [6.45, 7) is 6.13. The van der Waals surface area contributed by atoms with Gasteiger partial charge in [-0.2, -0.15) is 0 Å². The molecule has 0 aromatic heterocycles. The van der Waals surface area contributed by atoms with Crippen LogP contribution in [-0.2, 0) is 9.59 Å². The molecule has 2 amide bonds. The minimum absolute atomic E-state index is 0.0559. The Bertz CT molecular complexity index is 356. The summed E-state index contributed by atoms with van der Waals surface area (Å²) in [6.07, 6.45) is 5.02. The molecule has 2 aliphatic rings. The second-order valence-electron chi connectivity index (χ2n) is 6.17. The summed E-state index contributed by atoms with van der Waals surface area (Å²) in [6, 6.07) is 0.649. The van der Waals surface area contributed by atoms with Crippen molar-refractivity contribution in [3.05, 3.63) is 0 Å². The van der Waals surface area contributed by atoms with E-state index in [4.69, 9.17) is 0 Å². The molecule has 2 unspecified atom stereocenters. The summed E-state index contributed by atoms with van der Waals surface area (Å²) in [5, 5.41) is 9.12. The number of hydrogen-bond acceptors (Lipinski definition) is 4. The summed E-state index contributed by atoms with van der Waals surface area (Å²) in [5.41, 5.74) is 0. The first-order valence-corrected chi connectivity index (χ1v) is 8.12. The normalized spacial score (nSPS) is 26.5. The molecule has 0 aromatic rings. The zero-order valence-electron chi connectivity index (χ0n) is 13.0. The maximum Gasteiger partial charge on any atom is 0.234 e. The predicted octanol–water partition coefficient (Wildman–Crippen LogP) is -0.297. The van der Waals surface area contributed by atoms with E-state index in [9.17, 15) is 9.59 Å². The highest BCUT2D eigenvalue weighted by Crippen LogP contribution is 2.24. The van der Waals surface area contributed by atoms with Gasteiger partial charge in [0.15, 0.2) is 0 Å². The van der Waals surface area contributed by atoms with Gasteiger partial charge < -0.3 is 16.0 Å². The second-order valence-corrected chi connectivity index (χ2v) is 6.17. The molecule has 2 aliphatic heterocycles. The molecule has 6 nitrogen and oxygen atoms in total. The number of likely N-dealkylation sites (tertiary alicyclic amines) is 1. The molecule has 0 bridgehead atoms. The van der Waals surface area contributed by atoms with Crippen molar-refractivity contribution in [1.82, 2.24) is 20.9 Å². The molecule has 0 aliphatic carbocycles. The molecule has 2 saturated heterocycles. The quantitative estimate of drug-likeness (QED) is 0.589. The SMILES string of the molecule is CC(=O)NCCNC(=O)CN1CCCC(C2CCCN2)C1. The Labute approximate surface area is 127 Å². The van der Waals surface area contributed by atoms with E-state index in [1.54, 1.807) is 0 Å². The molecule has 2 rings (SSSR count). The van der Waals surface area contributed by atoms with Crippen molar-refractivity contribution in [2.45, 2.75) is 38.6 Å². The van der Waals surface area contributed by atoms with Crippen LogP contribution in [0.2, 0.25) is 0 Å². The van der Waals surface area contributed by atoms with Gasteiger partial charge in [0, 0.05) is 32.6 Å². The maximum absolute atomic E-state index is 11.9. The highest BCUT2D eigenvalue weighted by atomic mass is 16.2. The lowest BCUT2D eigenvalue weighted by Gasteiger charge is -2.35. The van der Waals surface area contributed by atoms with E-state index >= 15 is 0 Å². The van der Waals surface area contributed by atoms with E-state index < -0.39 is 0 Å². The Kier molecular flexibility index (Phi) is 6.45. The topological polar surface area (TPSA) is 73.5 Å². The molecule has 2 heterocycles. The number of piperidine rings is 1. The molecular weight excluding hydrogens is 268 g/mol. The number of carbonyl (C=O) groups is 2. The van der Waals surface area contributed by atoms with Crippen LogP contribution < -0.4 is 16.0 Å². The molecule has 21 heavy (non-hydrogen) atoms. The van der Waals surface area contributed by atoms with Crippen LogP contribution in [0.3, 0.4) is 0 Å². The number of hydrogen-bond donors (Lipinski definition) is 3. The van der Waals surface area contributed by atoms with Crippen LogP contribution >= 0.6 is 0 Å². The van der Waals surface area contributed by atoms with Crippen LogP contribution in [0.4, 0.5) is 0 Å². The van der Waals surface area contributed by atoms with Crippen molar-refractivity contribution in [2.75, 3.05) is 39.3 Å². The highest BCUT2D eigenvalue weighted by Gasteiger charge is 2.29. The van der Waals surface area contributed by atoms with E-state index in [1.807, 2.05) is 0 Å². The molecule has 6 heteroatoms. The predicted molar refractivity (Wildman–Crippen MR) is 81.9 cm³/mol. The average Bonchev–Trinajstić information content (AvgIpc) is 2.98. The van der Waals surface area contributed by atoms with Gasteiger partial charge in [-0.3, -0.25) is 14.5 Å². The molecular formula is C15H28N4O2. The molecule has 2 atom stereocenters. The Hall–Kier alpha value is -1.14. The molecule has 3 N–H and O–H groups in total. The number of rotatable bonds is 6. The molecule has 2 fully saturated rings. The maximum atomic E-state index is 11.9. The van der Waals surface area contributed by atoms with Crippen molar-refractivity contribution in [3.8, 4) is 0 Å². The highest BCUT2D eigenvalue weighted by molar-refractivity contribution is 5.78. The number of nitrogens with one attached hydrogen (secondary N) is 3. The lowest BCUT2D eigenvalue weighted by molar-refractivity contribution is -0.123. The van der Waals surface area contributed by atoms with Crippen LogP contribution in [-0.4, -0.2) is 62.0 Å². The van der Waals surface area contributed by atoms with Crippen molar-refractivity contribution in [1.29, 1.82) is 0 Å². The first-order chi connectivity index (χ1) is 10.1. The summed E-state index contributed by atoms with van der Waals surface area (Å²) in [7, 11) is 0. The van der Waals surface area contributed by atoms with Gasteiger partial charge in [-0.05, 0) is 44.7 Å². The summed E-state index contributed by atoms with van der Waals surface area (Å²) in [5.74, 6) is 0.681. The largest absolute Gasteiger partial charge is 0.355 e. The van der Waals surface area contributed by atoms with Crippen LogP contribution in [0.15, 0.2) is 0 Å². The first kappa shape index (κ1) is 16.2. The van der Waals surface area contributed by atoms with Gasteiger partial charge >= 0.3 is 0 Å². The average molecular weight is 296 g/mol. The minimum Gasteiger partial charge on any atom is -0.355 e. The fourth-order valence-electron chi connectivity index (χ4n) is 3.38. The van der Waals surface area contributed by atoms with Crippen molar-refractivity contribution in [3.63, 3.8) is 0 Å². The molecule has 0 saturated carbocycles. The fourth-order valence-corrected chi connectivity index (χ4v) is 3.38. The zero-order chi connectivity index (χ0) is 15.1. The van der Waals surface area contributed by atoms with Crippen LogP contribution in [0, 0.1) is 5.92 Å². The van der Waals surface area contributed by atoms with Gasteiger partial charge in [-0.25, -0.2) is 0 Å². The third-order valence-corrected chi connectivity index (χ3v) is 4.40. The summed E-state index contributed by atoms with van der Waals surface area (Å²) < 4.78 is 0. The van der Waals surface area contributed by atoms with E-state index in [1.165, 1.54) is 32.6 Å². The summed E-state index contributed by atoms with van der Waals surface area (Å²) in [4.78, 5) is 24.9.